The van der Waals surface area contributed by atoms with Crippen LogP contribution < -0.4 is 10.6 Å². The van der Waals surface area contributed by atoms with Gasteiger partial charge in [0.1, 0.15) is 5.69 Å². The maximum Gasteiger partial charge on any atom is 0.270 e. The highest BCUT2D eigenvalue weighted by Gasteiger charge is 2.12. The van der Waals surface area contributed by atoms with Gasteiger partial charge in [-0.3, -0.25) is 14.6 Å². The number of amides is 2. The van der Waals surface area contributed by atoms with Crippen LogP contribution in [0.2, 0.25) is 0 Å². The second-order valence-electron chi connectivity index (χ2n) is 4.89. The van der Waals surface area contributed by atoms with Gasteiger partial charge in [-0.2, -0.15) is 0 Å². The first-order valence-corrected chi connectivity index (χ1v) is 7.40. The Kier molecular flexibility index (Phi) is 5.63. The molecule has 0 aliphatic rings. The van der Waals surface area contributed by atoms with Crippen molar-refractivity contribution >= 4 is 17.5 Å². The van der Waals surface area contributed by atoms with E-state index in [0.29, 0.717) is 12.1 Å². The molecule has 1 aromatic carbocycles. The van der Waals surface area contributed by atoms with E-state index >= 15 is 0 Å². The quantitative estimate of drug-likeness (QED) is 0.806. The van der Waals surface area contributed by atoms with Gasteiger partial charge >= 0.3 is 0 Å². The van der Waals surface area contributed by atoms with Gasteiger partial charge in [-0.1, -0.05) is 31.2 Å². The maximum atomic E-state index is 12.4. The molecular formula is C18H19N3O2. The first-order valence-electron chi connectivity index (χ1n) is 7.40. The zero-order chi connectivity index (χ0) is 16.7. The zero-order valence-electron chi connectivity index (χ0n) is 13.0. The number of nitrogens with one attached hydrogen (secondary N) is 2. The van der Waals surface area contributed by atoms with Crippen LogP contribution in [0.5, 0.6) is 0 Å². The number of hydrogen-bond donors (Lipinski definition) is 2. The summed E-state index contributed by atoms with van der Waals surface area (Å²) in [7, 11) is 0. The molecule has 0 saturated carbocycles. The summed E-state index contributed by atoms with van der Waals surface area (Å²) in [5.41, 5.74) is 2.41. The Balaban J connectivity index is 2.16. The molecule has 5 nitrogen and oxygen atoms in total. The fourth-order valence-corrected chi connectivity index (χ4v) is 2.10. The van der Waals surface area contributed by atoms with E-state index in [-0.39, 0.29) is 17.5 Å². The zero-order valence-corrected chi connectivity index (χ0v) is 13.0. The lowest BCUT2D eigenvalue weighted by molar-refractivity contribution is 0.0953. The molecule has 118 valence electrons. The van der Waals surface area contributed by atoms with Crippen LogP contribution in [0.4, 0.5) is 5.69 Å². The third-order valence-electron chi connectivity index (χ3n) is 3.31. The number of rotatable bonds is 6. The highest BCUT2D eigenvalue weighted by Crippen LogP contribution is 2.16. The lowest BCUT2D eigenvalue weighted by atomic mass is 10.1. The fraction of sp³-hybridized carbons (Fsp3) is 0.167. The Morgan fingerprint density at radius 2 is 2.00 bits per heavy atom. The average Bonchev–Trinajstić information content (AvgIpc) is 2.60. The minimum Gasteiger partial charge on any atom is -0.347 e. The minimum atomic E-state index is -0.339. The number of nitrogens with zero attached hydrogens (tertiary/aromatic N) is 1. The van der Waals surface area contributed by atoms with Crippen molar-refractivity contribution in [1.82, 2.24) is 10.3 Å². The molecule has 23 heavy (non-hydrogen) atoms. The number of carbonyl (C=O) groups is 2. The fourth-order valence-electron chi connectivity index (χ4n) is 2.10. The molecular weight excluding hydrogens is 290 g/mol. The number of anilines is 1. The van der Waals surface area contributed by atoms with Gasteiger partial charge < -0.3 is 10.6 Å². The Bertz CT molecular complexity index is 726. The molecule has 0 bridgehead atoms. The van der Waals surface area contributed by atoms with Gasteiger partial charge in [0.05, 0.1) is 0 Å². The first kappa shape index (κ1) is 16.4. The van der Waals surface area contributed by atoms with E-state index in [1.54, 1.807) is 12.1 Å². The highest BCUT2D eigenvalue weighted by atomic mass is 16.2. The number of hydrogen-bond acceptors (Lipinski definition) is 3. The average molecular weight is 309 g/mol. The lowest BCUT2D eigenvalue weighted by Gasteiger charge is -2.10. The van der Waals surface area contributed by atoms with E-state index in [0.717, 1.165) is 17.7 Å². The van der Waals surface area contributed by atoms with Crippen molar-refractivity contribution in [1.29, 1.82) is 0 Å². The van der Waals surface area contributed by atoms with Crippen LogP contribution in [-0.2, 0) is 6.42 Å². The molecule has 2 amide bonds. The molecule has 0 saturated heterocycles. The van der Waals surface area contributed by atoms with Crippen LogP contribution in [0.3, 0.4) is 0 Å². The van der Waals surface area contributed by atoms with E-state index in [4.69, 9.17) is 0 Å². The molecule has 1 aromatic heterocycles. The van der Waals surface area contributed by atoms with Crippen molar-refractivity contribution in [2.75, 3.05) is 11.9 Å². The standard InChI is InChI=1S/C18H19N3O2/c1-3-10-20-18(23)16-12-14(9-11-19-16)17(22)21-15-8-6-5-7-13(15)4-2/h3,5-9,11-12H,1,4,10H2,2H3,(H,20,23)(H,21,22). The molecule has 0 atom stereocenters. The predicted molar refractivity (Wildman–Crippen MR) is 90.5 cm³/mol. The summed E-state index contributed by atoms with van der Waals surface area (Å²) < 4.78 is 0. The van der Waals surface area contributed by atoms with Gasteiger partial charge in [0, 0.05) is 24.0 Å². The summed E-state index contributed by atoms with van der Waals surface area (Å²) >= 11 is 0. The largest absolute Gasteiger partial charge is 0.347 e. The van der Waals surface area contributed by atoms with E-state index < -0.39 is 0 Å². The Hall–Kier alpha value is -2.95. The van der Waals surface area contributed by atoms with E-state index in [1.165, 1.54) is 12.3 Å². The number of para-hydroxylation sites is 1. The van der Waals surface area contributed by atoms with Crippen molar-refractivity contribution in [2.45, 2.75) is 13.3 Å². The molecule has 0 unspecified atom stereocenters. The van der Waals surface area contributed by atoms with Crippen molar-refractivity contribution in [2.24, 2.45) is 0 Å². The summed E-state index contributed by atoms with van der Waals surface area (Å²) in [5, 5.41) is 5.50. The van der Waals surface area contributed by atoms with Crippen LogP contribution in [0.15, 0.2) is 55.3 Å². The van der Waals surface area contributed by atoms with Crippen molar-refractivity contribution in [3.05, 3.63) is 72.1 Å². The van der Waals surface area contributed by atoms with Gasteiger partial charge in [-0.25, -0.2) is 0 Å². The third kappa shape index (κ3) is 4.26. The van der Waals surface area contributed by atoms with Gasteiger partial charge in [0.2, 0.25) is 0 Å². The molecule has 0 spiro atoms. The Morgan fingerprint density at radius 3 is 2.74 bits per heavy atom. The molecule has 0 aliphatic carbocycles. The smallest absolute Gasteiger partial charge is 0.270 e. The third-order valence-corrected chi connectivity index (χ3v) is 3.31. The molecule has 2 aromatic rings. The topological polar surface area (TPSA) is 71.1 Å². The molecule has 5 heteroatoms. The summed E-state index contributed by atoms with van der Waals surface area (Å²) in [4.78, 5) is 28.3. The van der Waals surface area contributed by atoms with Gasteiger partial charge in [-0.15, -0.1) is 6.58 Å². The number of aromatic nitrogens is 1. The minimum absolute atomic E-state index is 0.197. The van der Waals surface area contributed by atoms with Gasteiger partial charge in [0.25, 0.3) is 11.8 Å². The number of pyridine rings is 1. The highest BCUT2D eigenvalue weighted by molar-refractivity contribution is 6.06. The normalized spacial score (nSPS) is 9.96. The summed E-state index contributed by atoms with van der Waals surface area (Å²) in [6.45, 7) is 5.91. The van der Waals surface area contributed by atoms with Crippen LogP contribution in [0.1, 0.15) is 33.3 Å². The van der Waals surface area contributed by atoms with Gasteiger partial charge in [0.15, 0.2) is 0 Å². The van der Waals surface area contributed by atoms with E-state index in [2.05, 4.69) is 22.2 Å². The Labute approximate surface area is 135 Å². The molecule has 0 fully saturated rings. The van der Waals surface area contributed by atoms with Crippen LogP contribution in [0, 0.1) is 0 Å². The molecule has 2 N–H and O–H groups in total. The maximum absolute atomic E-state index is 12.4. The Morgan fingerprint density at radius 1 is 1.22 bits per heavy atom. The SMILES string of the molecule is C=CCNC(=O)c1cc(C(=O)Nc2ccccc2CC)ccn1. The second-order valence-corrected chi connectivity index (χ2v) is 4.89. The molecule has 2 rings (SSSR count). The summed E-state index contributed by atoms with van der Waals surface area (Å²) in [5.74, 6) is -0.612. The number of benzene rings is 1. The summed E-state index contributed by atoms with van der Waals surface area (Å²) in [6, 6.07) is 10.7. The molecule has 0 radical (unpaired) electrons. The van der Waals surface area contributed by atoms with E-state index in [1.807, 2.05) is 31.2 Å². The van der Waals surface area contributed by atoms with Gasteiger partial charge in [-0.05, 0) is 30.2 Å². The monoisotopic (exact) mass is 309 g/mol. The van der Waals surface area contributed by atoms with E-state index in [9.17, 15) is 9.59 Å². The first-order chi connectivity index (χ1) is 11.2. The summed E-state index contributed by atoms with van der Waals surface area (Å²) in [6.07, 6.45) is 3.85. The number of carbonyl (C=O) groups excluding carboxylic acids is 2. The molecule has 1 heterocycles. The second kappa shape index (κ2) is 7.89. The van der Waals surface area contributed by atoms with Crippen molar-refractivity contribution in [3.8, 4) is 0 Å². The number of aryl methyl sites for hydroxylation is 1. The van der Waals surface area contributed by atoms with Crippen molar-refractivity contribution < 1.29 is 9.59 Å². The molecule has 0 aliphatic heterocycles. The predicted octanol–water partition coefficient (Wildman–Crippen LogP) is 2.81. The van der Waals surface area contributed by atoms with Crippen molar-refractivity contribution in [3.63, 3.8) is 0 Å². The van der Waals surface area contributed by atoms with Crippen LogP contribution in [-0.4, -0.2) is 23.3 Å². The van der Waals surface area contributed by atoms with Crippen LogP contribution >= 0.6 is 0 Å². The lowest BCUT2D eigenvalue weighted by Crippen LogP contribution is -2.24. The van der Waals surface area contributed by atoms with Crippen LogP contribution in [0.25, 0.3) is 0 Å².